The van der Waals surface area contributed by atoms with Gasteiger partial charge < -0.3 is 10.7 Å². The van der Waals surface area contributed by atoms with Crippen molar-refractivity contribution in [2.45, 2.75) is 0 Å². The van der Waals surface area contributed by atoms with Crippen LogP contribution >= 0.6 is 11.6 Å². The maximum Gasteiger partial charge on any atom is 0.263 e. The summed E-state index contributed by atoms with van der Waals surface area (Å²) in [4.78, 5) is 27.8. The third kappa shape index (κ3) is 1.45. The first-order valence-corrected chi connectivity index (χ1v) is 3.62. The molecule has 12 heavy (non-hydrogen) atoms. The van der Waals surface area contributed by atoms with E-state index in [1.54, 1.807) is 0 Å². The molecule has 0 bridgehead atoms. The van der Waals surface area contributed by atoms with E-state index in [1.165, 1.54) is 0 Å². The number of halogens is 1. The molecule has 1 rings (SSSR count). The highest BCUT2D eigenvalue weighted by molar-refractivity contribution is 6.30. The number of nitrogens with zero attached hydrogens (tertiary/aromatic N) is 1. The van der Waals surface area contributed by atoms with Crippen LogP contribution in [0.5, 0.6) is 0 Å². The largest absolute Gasteiger partial charge is 0.383 e. The van der Waals surface area contributed by atoms with Crippen LogP contribution in [-0.4, -0.2) is 21.6 Å². The molecule has 1 heterocycles. The third-order valence-corrected chi connectivity index (χ3v) is 1.53. The summed E-state index contributed by atoms with van der Waals surface area (Å²) in [5, 5.41) is 0. The lowest BCUT2D eigenvalue weighted by atomic mass is 10.2. The van der Waals surface area contributed by atoms with Crippen LogP contribution in [0.4, 0.5) is 5.82 Å². The van der Waals surface area contributed by atoms with Crippen molar-refractivity contribution in [3.8, 4) is 0 Å². The second kappa shape index (κ2) is 3.36. The standard InChI is InChI=1S/C6H6ClN3O2/c7-1-3(11)4-5(8)9-2-10-6(4)12/h2H,1H2,(H3,8,9,10,12). The zero-order valence-electron chi connectivity index (χ0n) is 6.00. The Bertz CT molecular complexity index is 360. The predicted octanol–water partition coefficient (Wildman–Crippen LogP) is -0.226. The van der Waals surface area contributed by atoms with Gasteiger partial charge in [-0.2, -0.15) is 0 Å². The summed E-state index contributed by atoms with van der Waals surface area (Å²) in [5.74, 6) is -0.896. The maximum absolute atomic E-state index is 11.0. The number of ketones is 1. The van der Waals surface area contributed by atoms with Crippen LogP contribution in [0.1, 0.15) is 10.4 Å². The second-order valence-electron chi connectivity index (χ2n) is 2.05. The number of carbonyl (C=O) groups is 1. The van der Waals surface area contributed by atoms with E-state index in [0.717, 1.165) is 6.33 Å². The van der Waals surface area contributed by atoms with Crippen molar-refractivity contribution in [2.24, 2.45) is 0 Å². The molecule has 5 nitrogen and oxygen atoms in total. The Labute approximate surface area is 72.6 Å². The fourth-order valence-electron chi connectivity index (χ4n) is 0.750. The van der Waals surface area contributed by atoms with Gasteiger partial charge in [0.1, 0.15) is 11.4 Å². The monoisotopic (exact) mass is 187 g/mol. The topological polar surface area (TPSA) is 88.8 Å². The first-order chi connectivity index (χ1) is 5.66. The minimum atomic E-state index is -0.562. The van der Waals surface area contributed by atoms with E-state index in [9.17, 15) is 9.59 Å². The fraction of sp³-hybridized carbons (Fsp3) is 0.167. The number of nitrogens with two attached hydrogens (primary N) is 1. The number of aromatic nitrogens is 2. The quantitative estimate of drug-likeness (QED) is 0.495. The van der Waals surface area contributed by atoms with E-state index in [-0.39, 0.29) is 17.3 Å². The number of nitrogen functional groups attached to an aromatic ring is 1. The molecule has 0 saturated carbocycles. The molecular formula is C6H6ClN3O2. The molecule has 0 saturated heterocycles. The number of alkyl halides is 1. The lowest BCUT2D eigenvalue weighted by Crippen LogP contribution is -2.21. The van der Waals surface area contributed by atoms with Crippen LogP contribution in [0.3, 0.4) is 0 Å². The van der Waals surface area contributed by atoms with Crippen LogP contribution in [-0.2, 0) is 0 Å². The average molecular weight is 188 g/mol. The number of hydrogen-bond acceptors (Lipinski definition) is 4. The number of Topliss-reactive ketones (excluding diaryl/α,β-unsaturated/α-hetero) is 1. The van der Waals surface area contributed by atoms with Crippen LogP contribution in [0, 0.1) is 0 Å². The summed E-state index contributed by atoms with van der Waals surface area (Å²) in [5.41, 5.74) is 4.55. The lowest BCUT2D eigenvalue weighted by Gasteiger charge is -1.97. The molecular weight excluding hydrogens is 182 g/mol. The van der Waals surface area contributed by atoms with Crippen LogP contribution in [0.15, 0.2) is 11.1 Å². The van der Waals surface area contributed by atoms with E-state index in [0.29, 0.717) is 0 Å². The van der Waals surface area contributed by atoms with Gasteiger partial charge in [0, 0.05) is 0 Å². The number of carbonyl (C=O) groups excluding carboxylic acids is 1. The average Bonchev–Trinajstić information content (AvgIpc) is 2.03. The number of nitrogens with one attached hydrogen (secondary N) is 1. The van der Waals surface area contributed by atoms with E-state index >= 15 is 0 Å². The van der Waals surface area contributed by atoms with E-state index < -0.39 is 11.3 Å². The van der Waals surface area contributed by atoms with Crippen molar-refractivity contribution >= 4 is 23.2 Å². The molecule has 1 aromatic rings. The molecule has 64 valence electrons. The molecule has 0 aromatic carbocycles. The Morgan fingerprint density at radius 1 is 1.75 bits per heavy atom. The number of hydrogen-bond donors (Lipinski definition) is 2. The van der Waals surface area contributed by atoms with Crippen LogP contribution in [0.25, 0.3) is 0 Å². The van der Waals surface area contributed by atoms with Gasteiger partial charge in [-0.15, -0.1) is 11.6 Å². The molecule has 0 unspecified atom stereocenters. The van der Waals surface area contributed by atoms with Gasteiger partial charge in [0.2, 0.25) is 0 Å². The summed E-state index contributed by atoms with van der Waals surface area (Å²) in [6.07, 6.45) is 1.13. The molecule has 0 spiro atoms. The SMILES string of the molecule is Nc1nc[nH]c(=O)c1C(=O)CCl. The normalized spacial score (nSPS) is 9.75. The molecule has 0 aliphatic carbocycles. The van der Waals surface area contributed by atoms with Gasteiger partial charge in [-0.05, 0) is 0 Å². The smallest absolute Gasteiger partial charge is 0.263 e. The third-order valence-electron chi connectivity index (χ3n) is 1.28. The summed E-state index contributed by atoms with van der Waals surface area (Å²) < 4.78 is 0. The minimum Gasteiger partial charge on any atom is -0.383 e. The van der Waals surface area contributed by atoms with Crippen molar-refractivity contribution in [1.29, 1.82) is 0 Å². The fourth-order valence-corrected chi connectivity index (χ4v) is 0.883. The van der Waals surface area contributed by atoms with Crippen molar-refractivity contribution in [3.05, 3.63) is 22.2 Å². The first-order valence-electron chi connectivity index (χ1n) is 3.09. The van der Waals surface area contributed by atoms with Crippen LogP contribution < -0.4 is 11.3 Å². The van der Waals surface area contributed by atoms with Gasteiger partial charge >= 0.3 is 0 Å². The Morgan fingerprint density at radius 3 is 2.92 bits per heavy atom. The molecule has 0 amide bonds. The zero-order chi connectivity index (χ0) is 9.14. The molecule has 1 aromatic heterocycles. The van der Waals surface area contributed by atoms with Crippen molar-refractivity contribution < 1.29 is 4.79 Å². The highest BCUT2D eigenvalue weighted by Crippen LogP contribution is 2.01. The van der Waals surface area contributed by atoms with Crippen molar-refractivity contribution in [2.75, 3.05) is 11.6 Å². The Morgan fingerprint density at radius 2 is 2.42 bits per heavy atom. The number of aromatic amines is 1. The van der Waals surface area contributed by atoms with E-state index in [2.05, 4.69) is 9.97 Å². The summed E-state index contributed by atoms with van der Waals surface area (Å²) in [6.45, 7) is 0. The summed E-state index contributed by atoms with van der Waals surface area (Å²) in [7, 11) is 0. The number of anilines is 1. The van der Waals surface area contributed by atoms with Crippen molar-refractivity contribution in [1.82, 2.24) is 9.97 Å². The number of rotatable bonds is 2. The van der Waals surface area contributed by atoms with Crippen LogP contribution in [0.2, 0.25) is 0 Å². The minimum absolute atomic E-state index is 0.0931. The van der Waals surface area contributed by atoms with Gasteiger partial charge in [0.25, 0.3) is 5.56 Å². The van der Waals surface area contributed by atoms with Gasteiger partial charge in [-0.25, -0.2) is 4.98 Å². The number of H-pyrrole nitrogens is 1. The van der Waals surface area contributed by atoms with Gasteiger partial charge in [0.15, 0.2) is 5.78 Å². The second-order valence-corrected chi connectivity index (χ2v) is 2.32. The van der Waals surface area contributed by atoms with E-state index in [4.69, 9.17) is 17.3 Å². The molecule has 0 aliphatic rings. The lowest BCUT2D eigenvalue weighted by molar-refractivity contribution is 0.102. The molecule has 0 atom stereocenters. The maximum atomic E-state index is 11.0. The molecule has 3 N–H and O–H groups in total. The molecule has 0 aliphatic heterocycles. The first kappa shape index (κ1) is 8.73. The van der Waals surface area contributed by atoms with Gasteiger partial charge in [0.05, 0.1) is 12.2 Å². The highest BCUT2D eigenvalue weighted by Gasteiger charge is 2.13. The Hall–Kier alpha value is -1.36. The molecule has 0 radical (unpaired) electrons. The van der Waals surface area contributed by atoms with Gasteiger partial charge in [-0.3, -0.25) is 9.59 Å². The molecule has 0 fully saturated rings. The predicted molar refractivity (Wildman–Crippen MR) is 44.3 cm³/mol. The highest BCUT2D eigenvalue weighted by atomic mass is 35.5. The summed E-state index contributed by atoms with van der Waals surface area (Å²) >= 11 is 5.24. The Balaban J connectivity index is 3.31. The summed E-state index contributed by atoms with van der Waals surface area (Å²) in [6, 6.07) is 0. The Kier molecular flexibility index (Phi) is 2.44. The van der Waals surface area contributed by atoms with E-state index in [1.807, 2.05) is 0 Å². The molecule has 6 heteroatoms. The van der Waals surface area contributed by atoms with Gasteiger partial charge in [-0.1, -0.05) is 0 Å². The van der Waals surface area contributed by atoms with Crippen molar-refractivity contribution in [3.63, 3.8) is 0 Å². The zero-order valence-corrected chi connectivity index (χ0v) is 6.76.